The van der Waals surface area contributed by atoms with E-state index in [-0.39, 0.29) is 30.7 Å². The zero-order chi connectivity index (χ0) is 19.2. The predicted octanol–water partition coefficient (Wildman–Crippen LogP) is 2.39. The molecule has 166 valence electrons. The molecule has 2 rings (SSSR count). The van der Waals surface area contributed by atoms with Gasteiger partial charge >= 0.3 is 0 Å². The summed E-state index contributed by atoms with van der Waals surface area (Å²) in [6.07, 6.45) is 4.08. The van der Waals surface area contributed by atoms with E-state index >= 15 is 0 Å². The van der Waals surface area contributed by atoms with Crippen LogP contribution in [0, 0.1) is 11.3 Å². The fourth-order valence-corrected chi connectivity index (χ4v) is 4.29. The lowest BCUT2D eigenvalue weighted by molar-refractivity contribution is -0.144. The Balaban J connectivity index is 0.00000364. The summed E-state index contributed by atoms with van der Waals surface area (Å²) in [4.78, 5) is 31.9. The Labute approximate surface area is 183 Å². The number of piperidine rings is 1. The largest absolute Gasteiger partial charge is 0.342 e. The van der Waals surface area contributed by atoms with Crippen molar-refractivity contribution in [2.75, 3.05) is 52.4 Å². The topological polar surface area (TPSA) is 69.9 Å². The van der Waals surface area contributed by atoms with Gasteiger partial charge in [0.25, 0.3) is 0 Å². The van der Waals surface area contributed by atoms with Crippen LogP contribution in [0.1, 0.15) is 52.9 Å². The lowest BCUT2D eigenvalue weighted by Crippen LogP contribution is -2.51. The molecule has 0 radical (unpaired) electrons. The molecule has 2 fully saturated rings. The maximum absolute atomic E-state index is 12.9. The summed E-state index contributed by atoms with van der Waals surface area (Å²) >= 11 is 0. The number of likely N-dealkylation sites (N-methyl/N-ethyl adjacent to an activating group) is 1. The Morgan fingerprint density at radius 1 is 0.893 bits per heavy atom. The van der Waals surface area contributed by atoms with Crippen LogP contribution in [0.3, 0.4) is 0 Å². The standard InChI is InChI=1S/C20H38N4O2.2ClH/c1-4-20(5-2,16-21)19(26)24-9-7-17(8-10-24)15-18(25)23-13-11-22(6-3)12-14-23;;/h17H,4-16,21H2,1-3H3;2*1H. The Bertz CT molecular complexity index is 465. The van der Waals surface area contributed by atoms with Crippen LogP contribution in [0.25, 0.3) is 0 Å². The number of piperazine rings is 1. The second-order valence-corrected chi connectivity index (χ2v) is 7.95. The highest BCUT2D eigenvalue weighted by Gasteiger charge is 2.38. The van der Waals surface area contributed by atoms with Crippen LogP contribution in [0.15, 0.2) is 0 Å². The molecular formula is C20H40Cl2N4O2. The Hall–Kier alpha value is -0.560. The summed E-state index contributed by atoms with van der Waals surface area (Å²) in [5, 5.41) is 0. The van der Waals surface area contributed by atoms with Gasteiger partial charge in [-0.05, 0) is 38.1 Å². The molecule has 2 amide bonds. The molecule has 2 heterocycles. The highest BCUT2D eigenvalue weighted by molar-refractivity contribution is 5.85. The number of nitrogens with two attached hydrogens (primary N) is 1. The van der Waals surface area contributed by atoms with E-state index in [2.05, 4.69) is 25.7 Å². The maximum Gasteiger partial charge on any atom is 0.230 e. The number of carbonyl (C=O) groups is 2. The van der Waals surface area contributed by atoms with Gasteiger partial charge in [-0.3, -0.25) is 9.59 Å². The normalized spacial score (nSPS) is 19.0. The monoisotopic (exact) mass is 438 g/mol. The minimum atomic E-state index is -0.401. The Morgan fingerprint density at radius 3 is 1.86 bits per heavy atom. The third kappa shape index (κ3) is 6.48. The van der Waals surface area contributed by atoms with Crippen LogP contribution >= 0.6 is 24.8 Å². The summed E-state index contributed by atoms with van der Waals surface area (Å²) < 4.78 is 0. The second kappa shape index (κ2) is 12.9. The van der Waals surface area contributed by atoms with E-state index in [1.807, 2.05) is 9.80 Å². The molecule has 0 aromatic rings. The molecule has 8 heteroatoms. The van der Waals surface area contributed by atoms with Crippen molar-refractivity contribution in [1.29, 1.82) is 0 Å². The third-order valence-corrected chi connectivity index (χ3v) is 6.74. The van der Waals surface area contributed by atoms with Crippen LogP contribution in [0.4, 0.5) is 0 Å². The van der Waals surface area contributed by atoms with Gasteiger partial charge in [0.1, 0.15) is 0 Å². The van der Waals surface area contributed by atoms with Crippen LogP contribution < -0.4 is 5.73 Å². The molecule has 0 aromatic heterocycles. The van der Waals surface area contributed by atoms with Gasteiger partial charge in [0.15, 0.2) is 0 Å². The van der Waals surface area contributed by atoms with E-state index in [0.29, 0.717) is 24.8 Å². The maximum atomic E-state index is 12.9. The molecular weight excluding hydrogens is 399 g/mol. The fourth-order valence-electron chi connectivity index (χ4n) is 4.29. The van der Waals surface area contributed by atoms with E-state index in [1.54, 1.807) is 0 Å². The van der Waals surface area contributed by atoms with Crippen molar-refractivity contribution in [3.63, 3.8) is 0 Å². The van der Waals surface area contributed by atoms with Gasteiger partial charge in [-0.25, -0.2) is 0 Å². The molecule has 28 heavy (non-hydrogen) atoms. The van der Waals surface area contributed by atoms with E-state index < -0.39 is 5.41 Å². The van der Waals surface area contributed by atoms with Gasteiger partial charge in [-0.15, -0.1) is 24.8 Å². The van der Waals surface area contributed by atoms with Gasteiger partial charge in [-0.1, -0.05) is 20.8 Å². The van der Waals surface area contributed by atoms with E-state index in [9.17, 15) is 9.59 Å². The zero-order valence-electron chi connectivity index (χ0n) is 17.8. The smallest absolute Gasteiger partial charge is 0.230 e. The minimum absolute atomic E-state index is 0. The van der Waals surface area contributed by atoms with Crippen molar-refractivity contribution < 1.29 is 9.59 Å². The molecule has 0 bridgehead atoms. The fraction of sp³-hybridized carbons (Fsp3) is 0.900. The summed E-state index contributed by atoms with van der Waals surface area (Å²) in [5.41, 5.74) is 5.53. The van der Waals surface area contributed by atoms with Crippen molar-refractivity contribution in [3.05, 3.63) is 0 Å². The highest BCUT2D eigenvalue weighted by atomic mass is 35.5. The van der Waals surface area contributed by atoms with Crippen LogP contribution in [-0.2, 0) is 9.59 Å². The average Bonchev–Trinajstić information content (AvgIpc) is 2.70. The van der Waals surface area contributed by atoms with Crippen molar-refractivity contribution >= 4 is 36.6 Å². The van der Waals surface area contributed by atoms with E-state index in [0.717, 1.165) is 71.5 Å². The summed E-state index contributed by atoms with van der Waals surface area (Å²) in [6.45, 7) is 13.0. The number of halogens is 2. The molecule has 0 aliphatic carbocycles. The van der Waals surface area contributed by atoms with Crippen LogP contribution in [-0.4, -0.2) is 78.9 Å². The summed E-state index contributed by atoms with van der Waals surface area (Å²) in [7, 11) is 0. The Morgan fingerprint density at radius 2 is 1.43 bits per heavy atom. The van der Waals surface area contributed by atoms with Crippen molar-refractivity contribution in [1.82, 2.24) is 14.7 Å². The highest BCUT2D eigenvalue weighted by Crippen LogP contribution is 2.31. The number of amides is 2. The lowest BCUT2D eigenvalue weighted by atomic mass is 9.80. The quantitative estimate of drug-likeness (QED) is 0.662. The predicted molar refractivity (Wildman–Crippen MR) is 119 cm³/mol. The van der Waals surface area contributed by atoms with E-state index in [1.165, 1.54) is 0 Å². The lowest BCUT2D eigenvalue weighted by Gasteiger charge is -2.39. The van der Waals surface area contributed by atoms with Crippen LogP contribution in [0.5, 0.6) is 0 Å². The van der Waals surface area contributed by atoms with Gasteiger partial charge < -0.3 is 20.4 Å². The molecule has 2 aliphatic rings. The first-order valence-electron chi connectivity index (χ1n) is 10.5. The first kappa shape index (κ1) is 27.4. The van der Waals surface area contributed by atoms with Gasteiger partial charge in [0.05, 0.1) is 5.41 Å². The van der Waals surface area contributed by atoms with Gasteiger partial charge in [-0.2, -0.15) is 0 Å². The molecule has 0 unspecified atom stereocenters. The molecule has 0 aromatic carbocycles. The Kier molecular flexibility index (Phi) is 12.6. The summed E-state index contributed by atoms with van der Waals surface area (Å²) in [6, 6.07) is 0. The van der Waals surface area contributed by atoms with Gasteiger partial charge in [0, 0.05) is 52.2 Å². The average molecular weight is 439 g/mol. The number of rotatable bonds is 7. The zero-order valence-corrected chi connectivity index (χ0v) is 19.5. The van der Waals surface area contributed by atoms with E-state index in [4.69, 9.17) is 5.73 Å². The molecule has 2 saturated heterocycles. The summed E-state index contributed by atoms with van der Waals surface area (Å²) in [5.74, 6) is 0.917. The van der Waals surface area contributed by atoms with Crippen LogP contribution in [0.2, 0.25) is 0 Å². The van der Waals surface area contributed by atoms with Crippen molar-refractivity contribution in [3.8, 4) is 0 Å². The first-order valence-corrected chi connectivity index (χ1v) is 10.5. The first-order chi connectivity index (χ1) is 12.5. The van der Waals surface area contributed by atoms with Crippen molar-refractivity contribution in [2.24, 2.45) is 17.1 Å². The molecule has 2 aliphatic heterocycles. The van der Waals surface area contributed by atoms with Gasteiger partial charge in [0.2, 0.25) is 11.8 Å². The number of carbonyl (C=O) groups excluding carboxylic acids is 2. The number of likely N-dealkylation sites (tertiary alicyclic amines) is 1. The number of hydrogen-bond donors (Lipinski definition) is 1. The molecule has 2 N–H and O–H groups in total. The van der Waals surface area contributed by atoms with Crippen molar-refractivity contribution in [2.45, 2.75) is 52.9 Å². The molecule has 0 saturated carbocycles. The molecule has 6 nitrogen and oxygen atoms in total. The molecule has 0 spiro atoms. The molecule has 0 atom stereocenters. The SMILES string of the molecule is CCN1CCN(C(=O)CC2CCN(C(=O)C(CC)(CC)CN)CC2)CC1.Cl.Cl. The number of nitrogens with zero attached hydrogens (tertiary/aromatic N) is 3. The second-order valence-electron chi connectivity index (χ2n) is 7.95. The minimum Gasteiger partial charge on any atom is -0.342 e. The third-order valence-electron chi connectivity index (χ3n) is 6.74. The number of hydrogen-bond acceptors (Lipinski definition) is 4.